The van der Waals surface area contributed by atoms with Gasteiger partial charge in [0.25, 0.3) is 0 Å². The molecule has 0 aliphatic carbocycles. The number of nitrogens with one attached hydrogen (secondary N) is 1. The second kappa shape index (κ2) is 11.0. The molecule has 2 aliphatic heterocycles. The summed E-state index contributed by atoms with van der Waals surface area (Å²) in [6, 6.07) is 13.6. The molecular weight excluding hydrogens is 418 g/mol. The molecule has 2 aromatic rings. The molecule has 0 radical (unpaired) electrons. The summed E-state index contributed by atoms with van der Waals surface area (Å²) in [6.45, 7) is 6.23. The number of carbonyl (C=O) groups is 2. The van der Waals surface area contributed by atoms with Crippen molar-refractivity contribution < 1.29 is 19.1 Å². The average Bonchev–Trinajstić information content (AvgIpc) is 3.08. The molecule has 2 heterocycles. The number of hydrogen-bond acceptors (Lipinski definition) is 5. The number of piperazine rings is 1. The molecule has 1 fully saturated rings. The molecule has 1 N–H and O–H groups in total. The van der Waals surface area contributed by atoms with E-state index >= 15 is 0 Å². The highest BCUT2D eigenvalue weighted by atomic mass is 16.5. The van der Waals surface area contributed by atoms with E-state index in [4.69, 9.17) is 9.47 Å². The summed E-state index contributed by atoms with van der Waals surface area (Å²) in [5.41, 5.74) is 2.90. The normalized spacial score (nSPS) is 16.5. The predicted molar refractivity (Wildman–Crippen MR) is 129 cm³/mol. The quantitative estimate of drug-likeness (QED) is 0.686. The molecule has 4 rings (SSSR count). The topological polar surface area (TPSA) is 71.1 Å². The van der Waals surface area contributed by atoms with Crippen molar-refractivity contribution in [2.45, 2.75) is 19.8 Å². The van der Waals surface area contributed by atoms with Crippen molar-refractivity contribution in [3.63, 3.8) is 0 Å². The van der Waals surface area contributed by atoms with Crippen LogP contribution in [0.3, 0.4) is 0 Å². The predicted octanol–water partition coefficient (Wildman–Crippen LogP) is 3.21. The Morgan fingerprint density at radius 1 is 1.00 bits per heavy atom. The second-order valence-corrected chi connectivity index (χ2v) is 8.25. The molecule has 33 heavy (non-hydrogen) atoms. The maximum atomic E-state index is 12.6. The van der Waals surface area contributed by atoms with Gasteiger partial charge in [-0.25, -0.2) is 0 Å². The maximum absolute atomic E-state index is 12.6. The lowest BCUT2D eigenvalue weighted by atomic mass is 10.1. The van der Waals surface area contributed by atoms with Gasteiger partial charge in [-0.3, -0.25) is 14.5 Å². The number of rotatable bonds is 6. The zero-order chi connectivity index (χ0) is 23.0. The summed E-state index contributed by atoms with van der Waals surface area (Å²) in [4.78, 5) is 29.0. The van der Waals surface area contributed by atoms with E-state index in [-0.39, 0.29) is 11.8 Å². The number of nitrogens with zero attached hydrogens (tertiary/aromatic N) is 2. The van der Waals surface area contributed by atoms with Gasteiger partial charge in [0.05, 0.1) is 19.8 Å². The van der Waals surface area contributed by atoms with E-state index < -0.39 is 0 Å². The van der Waals surface area contributed by atoms with Crippen LogP contribution in [0.25, 0.3) is 6.08 Å². The highest BCUT2D eigenvalue weighted by molar-refractivity contribution is 5.93. The molecule has 2 aliphatic rings. The van der Waals surface area contributed by atoms with Crippen LogP contribution in [0.2, 0.25) is 0 Å². The van der Waals surface area contributed by atoms with Gasteiger partial charge >= 0.3 is 0 Å². The van der Waals surface area contributed by atoms with Gasteiger partial charge in [-0.2, -0.15) is 0 Å². The van der Waals surface area contributed by atoms with Crippen molar-refractivity contribution in [1.82, 2.24) is 9.80 Å². The van der Waals surface area contributed by atoms with Gasteiger partial charge in [0.2, 0.25) is 11.8 Å². The van der Waals surface area contributed by atoms with Crippen LogP contribution < -0.4 is 14.8 Å². The summed E-state index contributed by atoms with van der Waals surface area (Å²) < 4.78 is 11.4. The molecule has 1 saturated heterocycles. The van der Waals surface area contributed by atoms with Crippen LogP contribution in [0.15, 0.2) is 48.5 Å². The van der Waals surface area contributed by atoms with Gasteiger partial charge in [0, 0.05) is 44.4 Å². The van der Waals surface area contributed by atoms with Crippen LogP contribution in [-0.4, -0.2) is 67.6 Å². The zero-order valence-electron chi connectivity index (χ0n) is 19.1. The zero-order valence-corrected chi connectivity index (χ0v) is 19.1. The Morgan fingerprint density at radius 2 is 1.76 bits per heavy atom. The first kappa shape index (κ1) is 22.9. The van der Waals surface area contributed by atoms with Crippen molar-refractivity contribution in [2.75, 3.05) is 51.3 Å². The standard InChI is InChI=1S/C26H31N3O4/c1-2-21-6-3-4-7-22(21)27-25(30)19-28-12-14-29(15-13-28)26(31)11-9-20-8-10-23-24(18-20)33-17-5-16-32-23/h3-4,6-11,18H,2,5,12-17,19H2,1H3,(H,27,30). The first-order valence-electron chi connectivity index (χ1n) is 11.6. The van der Waals surface area contributed by atoms with Crippen LogP contribution in [0, 0.1) is 0 Å². The van der Waals surface area contributed by atoms with Crippen LogP contribution in [0.4, 0.5) is 5.69 Å². The Morgan fingerprint density at radius 3 is 2.55 bits per heavy atom. The summed E-state index contributed by atoms with van der Waals surface area (Å²) >= 11 is 0. The van der Waals surface area contributed by atoms with Gasteiger partial charge in [-0.05, 0) is 41.8 Å². The van der Waals surface area contributed by atoms with Crippen molar-refractivity contribution >= 4 is 23.6 Å². The molecule has 0 atom stereocenters. The molecule has 0 aromatic heterocycles. The molecule has 7 nitrogen and oxygen atoms in total. The minimum atomic E-state index is -0.0249. The lowest BCUT2D eigenvalue weighted by molar-refractivity contribution is -0.127. The Balaban J connectivity index is 1.25. The number of benzene rings is 2. The van der Waals surface area contributed by atoms with E-state index in [1.54, 1.807) is 6.08 Å². The Hall–Kier alpha value is -3.32. The number of fused-ring (bicyclic) bond motifs is 1. The summed E-state index contributed by atoms with van der Waals surface area (Å²) in [6.07, 6.45) is 5.14. The van der Waals surface area contributed by atoms with Gasteiger partial charge in [-0.1, -0.05) is 31.2 Å². The molecule has 0 spiro atoms. The number of carbonyl (C=O) groups excluding carboxylic acids is 2. The third-order valence-corrected chi connectivity index (χ3v) is 5.91. The van der Waals surface area contributed by atoms with Crippen molar-refractivity contribution in [3.8, 4) is 11.5 Å². The van der Waals surface area contributed by atoms with Crippen molar-refractivity contribution in [3.05, 3.63) is 59.7 Å². The fraction of sp³-hybridized carbons (Fsp3) is 0.385. The first-order valence-corrected chi connectivity index (χ1v) is 11.6. The number of ether oxygens (including phenoxy) is 2. The smallest absolute Gasteiger partial charge is 0.246 e. The highest BCUT2D eigenvalue weighted by Gasteiger charge is 2.21. The van der Waals surface area contributed by atoms with Gasteiger partial charge in [0.1, 0.15) is 0 Å². The Labute approximate surface area is 195 Å². The summed E-state index contributed by atoms with van der Waals surface area (Å²) in [5.74, 6) is 1.41. The Kier molecular flexibility index (Phi) is 7.62. The third kappa shape index (κ3) is 6.14. The van der Waals surface area contributed by atoms with Crippen molar-refractivity contribution in [1.29, 1.82) is 0 Å². The molecule has 0 saturated carbocycles. The number of para-hydroxylation sites is 1. The summed E-state index contributed by atoms with van der Waals surface area (Å²) in [7, 11) is 0. The van der Waals surface area contributed by atoms with Gasteiger partial charge in [0.15, 0.2) is 11.5 Å². The molecule has 0 bridgehead atoms. The van der Waals surface area contributed by atoms with Crippen LogP contribution in [0.5, 0.6) is 11.5 Å². The van der Waals surface area contributed by atoms with E-state index in [2.05, 4.69) is 17.1 Å². The molecule has 2 amide bonds. The van der Waals surface area contributed by atoms with E-state index in [0.29, 0.717) is 45.9 Å². The fourth-order valence-electron chi connectivity index (χ4n) is 4.03. The fourth-order valence-corrected chi connectivity index (χ4v) is 4.03. The number of aryl methyl sites for hydroxylation is 1. The second-order valence-electron chi connectivity index (χ2n) is 8.25. The van der Waals surface area contributed by atoms with Crippen LogP contribution in [-0.2, 0) is 16.0 Å². The maximum Gasteiger partial charge on any atom is 0.246 e. The van der Waals surface area contributed by atoms with Gasteiger partial charge < -0.3 is 19.7 Å². The largest absolute Gasteiger partial charge is 0.490 e. The third-order valence-electron chi connectivity index (χ3n) is 5.91. The first-order chi connectivity index (χ1) is 16.1. The van der Waals surface area contributed by atoms with Crippen molar-refractivity contribution in [2.24, 2.45) is 0 Å². The number of hydrogen-bond donors (Lipinski definition) is 1. The van der Waals surface area contributed by atoms with Crippen LogP contribution in [0.1, 0.15) is 24.5 Å². The SMILES string of the molecule is CCc1ccccc1NC(=O)CN1CCN(C(=O)C=Cc2ccc3c(c2)OCCCO3)CC1. The average molecular weight is 450 g/mol. The number of anilines is 1. The lowest BCUT2D eigenvalue weighted by Gasteiger charge is -2.33. The molecule has 2 aromatic carbocycles. The molecular formula is C26H31N3O4. The minimum absolute atomic E-state index is 0.0232. The highest BCUT2D eigenvalue weighted by Crippen LogP contribution is 2.30. The summed E-state index contributed by atoms with van der Waals surface area (Å²) in [5, 5.41) is 3.02. The van der Waals surface area contributed by atoms with E-state index in [1.165, 1.54) is 0 Å². The Bertz CT molecular complexity index is 1010. The van der Waals surface area contributed by atoms with E-state index in [9.17, 15) is 9.59 Å². The van der Waals surface area contributed by atoms with Gasteiger partial charge in [-0.15, -0.1) is 0 Å². The molecule has 7 heteroatoms. The monoisotopic (exact) mass is 449 g/mol. The number of amides is 2. The minimum Gasteiger partial charge on any atom is -0.490 e. The molecule has 174 valence electrons. The van der Waals surface area contributed by atoms with Crippen LogP contribution >= 0.6 is 0 Å². The van der Waals surface area contributed by atoms with E-state index in [0.717, 1.165) is 41.2 Å². The van der Waals surface area contributed by atoms with E-state index in [1.807, 2.05) is 53.4 Å². The lowest BCUT2D eigenvalue weighted by Crippen LogP contribution is -2.50. The molecule has 0 unspecified atom stereocenters.